The zero-order chi connectivity index (χ0) is 14.2. The molecule has 0 aliphatic heterocycles. The van der Waals surface area contributed by atoms with Crippen molar-refractivity contribution in [2.45, 2.75) is 11.7 Å². The number of nitrogens with zero attached hydrogens (tertiary/aromatic N) is 5. The maximum atomic E-state index is 11.7. The summed E-state index contributed by atoms with van der Waals surface area (Å²) in [4.78, 5) is 15.7. The molecule has 2 rings (SSSR count). The summed E-state index contributed by atoms with van der Waals surface area (Å²) in [6.07, 6.45) is 1.63. The van der Waals surface area contributed by atoms with E-state index < -0.39 is 0 Å². The van der Waals surface area contributed by atoms with E-state index in [4.69, 9.17) is 5.73 Å². The van der Waals surface area contributed by atoms with E-state index in [2.05, 4.69) is 31.4 Å². The Morgan fingerprint density at radius 2 is 2.35 bits per heavy atom. The molecule has 0 unspecified atom stereocenters. The Morgan fingerprint density at radius 3 is 3.10 bits per heavy atom. The number of nitrogens with two attached hydrogens (primary N) is 1. The lowest BCUT2D eigenvalue weighted by atomic mass is 10.5. The lowest BCUT2D eigenvalue weighted by molar-refractivity contribution is -0.118. The van der Waals surface area contributed by atoms with E-state index in [-0.39, 0.29) is 11.7 Å². The Morgan fingerprint density at radius 1 is 1.45 bits per heavy atom. The molecule has 0 fully saturated rings. The van der Waals surface area contributed by atoms with E-state index in [1.54, 1.807) is 23.0 Å². The van der Waals surface area contributed by atoms with Crippen molar-refractivity contribution in [3.05, 3.63) is 24.4 Å². The van der Waals surface area contributed by atoms with Crippen LogP contribution >= 0.6 is 11.8 Å². The van der Waals surface area contributed by atoms with Gasteiger partial charge in [-0.15, -0.1) is 5.10 Å². The number of amides is 1. The summed E-state index contributed by atoms with van der Waals surface area (Å²) in [5, 5.41) is 11.7. The van der Waals surface area contributed by atoms with Gasteiger partial charge in [0.15, 0.2) is 0 Å². The Labute approximate surface area is 119 Å². The molecule has 9 nitrogen and oxygen atoms in total. The van der Waals surface area contributed by atoms with Gasteiger partial charge in [0.05, 0.1) is 12.3 Å². The number of hydrogen-bond acceptors (Lipinski definition) is 8. The zero-order valence-corrected chi connectivity index (χ0v) is 11.4. The summed E-state index contributed by atoms with van der Waals surface area (Å²) in [5.74, 6) is 0.548. The standard InChI is InChI=1S/C10H14N8OS/c11-4-6-18-10(15-16-17-18)20-7-9(19)14-13-8-3-1-2-5-12-8/h1-3,5H,4,6-7,11H2,(H,12,13)(H,14,19). The third-order valence-electron chi connectivity index (χ3n) is 2.17. The van der Waals surface area contributed by atoms with Gasteiger partial charge in [0.2, 0.25) is 11.1 Å². The van der Waals surface area contributed by atoms with Gasteiger partial charge in [0, 0.05) is 12.7 Å². The highest BCUT2D eigenvalue weighted by Crippen LogP contribution is 2.12. The summed E-state index contributed by atoms with van der Waals surface area (Å²) >= 11 is 1.24. The summed E-state index contributed by atoms with van der Waals surface area (Å²) < 4.78 is 1.56. The van der Waals surface area contributed by atoms with E-state index >= 15 is 0 Å². The SMILES string of the molecule is NCCn1nnnc1SCC(=O)NNc1ccccn1. The Bertz CT molecular complexity index is 545. The molecule has 0 saturated carbocycles. The number of carbonyl (C=O) groups excluding carboxylic acids is 1. The van der Waals surface area contributed by atoms with E-state index in [0.29, 0.717) is 24.1 Å². The Balaban J connectivity index is 1.76. The first-order valence-electron chi connectivity index (χ1n) is 5.84. The molecule has 0 atom stereocenters. The lowest BCUT2D eigenvalue weighted by Gasteiger charge is -2.07. The zero-order valence-electron chi connectivity index (χ0n) is 10.6. The average molecular weight is 294 g/mol. The van der Waals surface area contributed by atoms with Gasteiger partial charge in [0.25, 0.3) is 0 Å². The minimum absolute atomic E-state index is 0.185. The van der Waals surface area contributed by atoms with Crippen molar-refractivity contribution in [3.63, 3.8) is 0 Å². The molecule has 2 heterocycles. The van der Waals surface area contributed by atoms with Crippen LogP contribution in [0.1, 0.15) is 0 Å². The molecule has 0 aliphatic carbocycles. The van der Waals surface area contributed by atoms with Crippen molar-refractivity contribution in [2.75, 3.05) is 17.7 Å². The molecule has 106 valence electrons. The molecular formula is C10H14N8OS. The van der Waals surface area contributed by atoms with Crippen LogP contribution in [-0.2, 0) is 11.3 Å². The van der Waals surface area contributed by atoms with Gasteiger partial charge >= 0.3 is 0 Å². The molecule has 0 saturated heterocycles. The molecule has 1 amide bonds. The highest BCUT2D eigenvalue weighted by atomic mass is 32.2. The van der Waals surface area contributed by atoms with Gasteiger partial charge in [0.1, 0.15) is 5.82 Å². The maximum Gasteiger partial charge on any atom is 0.248 e. The van der Waals surface area contributed by atoms with E-state index in [0.717, 1.165) is 0 Å². The Hall–Kier alpha value is -2.20. The average Bonchev–Trinajstić information content (AvgIpc) is 2.92. The largest absolute Gasteiger partial charge is 0.329 e. The van der Waals surface area contributed by atoms with Crippen LogP contribution < -0.4 is 16.6 Å². The summed E-state index contributed by atoms with van der Waals surface area (Å²) in [7, 11) is 0. The fourth-order valence-corrected chi connectivity index (χ4v) is 2.00. The van der Waals surface area contributed by atoms with Gasteiger partial charge < -0.3 is 5.73 Å². The highest BCUT2D eigenvalue weighted by Gasteiger charge is 2.09. The fraction of sp³-hybridized carbons (Fsp3) is 0.300. The summed E-state index contributed by atoms with van der Waals surface area (Å²) in [6, 6.07) is 5.35. The second-order valence-electron chi connectivity index (χ2n) is 3.65. The molecule has 2 aromatic heterocycles. The second-order valence-corrected chi connectivity index (χ2v) is 4.59. The minimum atomic E-state index is -0.206. The number of anilines is 1. The highest BCUT2D eigenvalue weighted by molar-refractivity contribution is 7.99. The third kappa shape index (κ3) is 4.17. The normalized spacial score (nSPS) is 10.2. The predicted octanol–water partition coefficient (Wildman–Crippen LogP) is -0.738. The number of hydrazine groups is 1. The molecule has 2 aromatic rings. The van der Waals surface area contributed by atoms with Crippen molar-refractivity contribution in [1.82, 2.24) is 30.6 Å². The topological polar surface area (TPSA) is 124 Å². The molecule has 0 radical (unpaired) electrons. The molecular weight excluding hydrogens is 280 g/mol. The summed E-state index contributed by atoms with van der Waals surface area (Å²) in [6.45, 7) is 0.954. The van der Waals surface area contributed by atoms with E-state index in [1.165, 1.54) is 11.8 Å². The second kappa shape index (κ2) is 7.40. The number of aromatic nitrogens is 5. The summed E-state index contributed by atoms with van der Waals surface area (Å²) in [5.41, 5.74) is 10.7. The monoisotopic (exact) mass is 294 g/mol. The van der Waals surface area contributed by atoms with Crippen molar-refractivity contribution in [2.24, 2.45) is 5.73 Å². The fourth-order valence-electron chi connectivity index (χ4n) is 1.30. The molecule has 0 aromatic carbocycles. The van der Waals surface area contributed by atoms with Gasteiger partial charge in [-0.3, -0.25) is 15.6 Å². The maximum absolute atomic E-state index is 11.7. The van der Waals surface area contributed by atoms with Gasteiger partial charge in [-0.05, 0) is 22.6 Å². The molecule has 10 heteroatoms. The van der Waals surface area contributed by atoms with Crippen LogP contribution in [0.4, 0.5) is 5.82 Å². The number of rotatable bonds is 7. The smallest absolute Gasteiger partial charge is 0.248 e. The van der Waals surface area contributed by atoms with E-state index in [1.807, 2.05) is 6.07 Å². The number of hydrogen-bond donors (Lipinski definition) is 3. The predicted molar refractivity (Wildman–Crippen MR) is 73.6 cm³/mol. The van der Waals surface area contributed by atoms with Crippen LogP contribution in [0, 0.1) is 0 Å². The van der Waals surface area contributed by atoms with Gasteiger partial charge in [-0.2, -0.15) is 0 Å². The van der Waals surface area contributed by atoms with Crippen LogP contribution in [0.2, 0.25) is 0 Å². The first-order valence-corrected chi connectivity index (χ1v) is 6.83. The molecule has 0 aliphatic rings. The quantitative estimate of drug-likeness (QED) is 0.451. The van der Waals surface area contributed by atoms with Crippen LogP contribution in [0.5, 0.6) is 0 Å². The number of carbonyl (C=O) groups is 1. The third-order valence-corrected chi connectivity index (χ3v) is 3.12. The van der Waals surface area contributed by atoms with Crippen molar-refractivity contribution in [1.29, 1.82) is 0 Å². The minimum Gasteiger partial charge on any atom is -0.329 e. The molecule has 20 heavy (non-hydrogen) atoms. The van der Waals surface area contributed by atoms with E-state index in [9.17, 15) is 4.79 Å². The Kier molecular flexibility index (Phi) is 5.26. The number of thioether (sulfide) groups is 1. The number of nitrogens with one attached hydrogen (secondary N) is 2. The molecule has 0 bridgehead atoms. The first-order chi connectivity index (χ1) is 9.79. The first kappa shape index (κ1) is 14.2. The molecule has 0 spiro atoms. The number of pyridine rings is 1. The number of tetrazole rings is 1. The van der Waals surface area contributed by atoms with Crippen LogP contribution in [0.25, 0.3) is 0 Å². The van der Waals surface area contributed by atoms with Crippen LogP contribution in [0.3, 0.4) is 0 Å². The van der Waals surface area contributed by atoms with Crippen molar-refractivity contribution in [3.8, 4) is 0 Å². The molecule has 4 N–H and O–H groups in total. The van der Waals surface area contributed by atoms with Gasteiger partial charge in [-0.25, -0.2) is 9.67 Å². The van der Waals surface area contributed by atoms with Crippen molar-refractivity contribution < 1.29 is 4.79 Å². The van der Waals surface area contributed by atoms with Gasteiger partial charge in [-0.1, -0.05) is 17.8 Å². The lowest BCUT2D eigenvalue weighted by Crippen LogP contribution is -2.31. The van der Waals surface area contributed by atoms with Crippen molar-refractivity contribution >= 4 is 23.5 Å². The van der Waals surface area contributed by atoms with Crippen LogP contribution in [0.15, 0.2) is 29.6 Å². The van der Waals surface area contributed by atoms with Crippen LogP contribution in [-0.4, -0.2) is 43.4 Å².